The maximum Gasteiger partial charge on any atom is 0.240 e. The Morgan fingerprint density at radius 3 is 3.15 bits per heavy atom. The first kappa shape index (κ1) is 15.0. The predicted molar refractivity (Wildman–Crippen MR) is 76.2 cm³/mol. The van der Waals surface area contributed by atoms with E-state index in [2.05, 4.69) is 25.5 Å². The van der Waals surface area contributed by atoms with Gasteiger partial charge >= 0.3 is 0 Å². The Kier molecular flexibility index (Phi) is 5.51. The van der Waals surface area contributed by atoms with E-state index in [1.165, 1.54) is 13.2 Å². The number of nitrogens with zero attached hydrogens (tertiary/aromatic N) is 3. The molecule has 1 aromatic rings. The van der Waals surface area contributed by atoms with Crippen molar-refractivity contribution in [2.45, 2.75) is 6.42 Å². The van der Waals surface area contributed by atoms with Gasteiger partial charge < -0.3 is 10.1 Å². The van der Waals surface area contributed by atoms with Gasteiger partial charge in [0, 0.05) is 19.2 Å². The Hall–Kier alpha value is -1.44. The zero-order chi connectivity index (χ0) is 14.4. The number of ether oxygens (including phenoxy) is 1. The van der Waals surface area contributed by atoms with E-state index in [1.807, 2.05) is 0 Å². The van der Waals surface area contributed by atoms with Crippen molar-refractivity contribution in [1.29, 1.82) is 0 Å². The van der Waals surface area contributed by atoms with Gasteiger partial charge in [0.05, 0.1) is 13.7 Å². The van der Waals surface area contributed by atoms with E-state index in [9.17, 15) is 4.79 Å². The normalized spacial score (nSPS) is 16.5. The van der Waals surface area contributed by atoms with Gasteiger partial charge in [-0.25, -0.2) is 4.98 Å². The van der Waals surface area contributed by atoms with Crippen LogP contribution in [0.5, 0.6) is 5.88 Å². The molecule has 0 radical (unpaired) electrons. The molecule has 2 heterocycles. The Morgan fingerprint density at radius 1 is 1.50 bits per heavy atom. The van der Waals surface area contributed by atoms with Crippen LogP contribution >= 0.6 is 11.6 Å². The predicted octanol–water partition coefficient (Wildman–Crippen LogP) is 0.372. The van der Waals surface area contributed by atoms with Crippen LogP contribution in [0, 0.1) is 0 Å². The summed E-state index contributed by atoms with van der Waals surface area (Å²) in [6.07, 6.45) is 1.04. The third kappa shape index (κ3) is 4.59. The van der Waals surface area contributed by atoms with E-state index in [0.29, 0.717) is 12.4 Å². The topological polar surface area (TPSA) is 79.4 Å². The average molecular weight is 300 g/mol. The molecule has 1 aliphatic rings. The monoisotopic (exact) mass is 299 g/mol. The van der Waals surface area contributed by atoms with Crippen molar-refractivity contribution < 1.29 is 9.53 Å². The van der Waals surface area contributed by atoms with Crippen LogP contribution in [-0.4, -0.2) is 60.6 Å². The summed E-state index contributed by atoms with van der Waals surface area (Å²) in [6.45, 7) is 3.97. The summed E-state index contributed by atoms with van der Waals surface area (Å²) in [5.41, 5.74) is 0. The fourth-order valence-corrected chi connectivity index (χ4v) is 2.16. The fourth-order valence-electron chi connectivity index (χ4n) is 1.98. The van der Waals surface area contributed by atoms with E-state index in [-0.39, 0.29) is 17.0 Å². The number of halogens is 1. The average Bonchev–Trinajstić information content (AvgIpc) is 2.66. The van der Waals surface area contributed by atoms with Crippen molar-refractivity contribution >= 4 is 23.5 Å². The molecule has 1 fully saturated rings. The van der Waals surface area contributed by atoms with E-state index in [4.69, 9.17) is 16.3 Å². The van der Waals surface area contributed by atoms with E-state index in [1.54, 1.807) is 0 Å². The van der Waals surface area contributed by atoms with E-state index < -0.39 is 0 Å². The summed E-state index contributed by atoms with van der Waals surface area (Å²) in [4.78, 5) is 22.0. The summed E-state index contributed by atoms with van der Waals surface area (Å²) in [7, 11) is 1.48. The molecule has 20 heavy (non-hydrogen) atoms. The Morgan fingerprint density at radius 2 is 2.35 bits per heavy atom. The van der Waals surface area contributed by atoms with Crippen molar-refractivity contribution in [1.82, 2.24) is 20.2 Å². The van der Waals surface area contributed by atoms with Crippen LogP contribution in [0.15, 0.2) is 6.07 Å². The lowest BCUT2D eigenvalue weighted by molar-refractivity contribution is -0.117. The van der Waals surface area contributed by atoms with Crippen molar-refractivity contribution in [3.63, 3.8) is 0 Å². The molecular formula is C12H18ClN5O2. The molecule has 0 unspecified atom stereocenters. The molecule has 0 spiro atoms. The number of anilines is 1. The number of methoxy groups -OCH3 is 1. The summed E-state index contributed by atoms with van der Waals surface area (Å²) in [5.74, 6) is 0.322. The van der Waals surface area contributed by atoms with Gasteiger partial charge in [-0.3, -0.25) is 15.0 Å². The van der Waals surface area contributed by atoms with Gasteiger partial charge in [-0.15, -0.1) is 0 Å². The van der Waals surface area contributed by atoms with Gasteiger partial charge in [-0.1, -0.05) is 11.6 Å². The summed E-state index contributed by atoms with van der Waals surface area (Å²) >= 11 is 5.82. The number of aromatic nitrogens is 2. The lowest BCUT2D eigenvalue weighted by Crippen LogP contribution is -2.36. The summed E-state index contributed by atoms with van der Waals surface area (Å²) in [6, 6.07) is 1.48. The van der Waals surface area contributed by atoms with Crippen LogP contribution in [0.25, 0.3) is 0 Å². The van der Waals surface area contributed by atoms with E-state index >= 15 is 0 Å². The van der Waals surface area contributed by atoms with Crippen LogP contribution in [0.3, 0.4) is 0 Å². The number of hydrogen-bond acceptors (Lipinski definition) is 6. The molecule has 8 heteroatoms. The molecule has 1 aromatic heterocycles. The highest BCUT2D eigenvalue weighted by Gasteiger charge is 2.14. The highest BCUT2D eigenvalue weighted by molar-refractivity contribution is 6.29. The molecule has 0 bridgehead atoms. The molecule has 1 aliphatic heterocycles. The molecule has 2 rings (SSSR count). The minimum absolute atomic E-state index is 0.156. The van der Waals surface area contributed by atoms with Gasteiger partial charge in [0.1, 0.15) is 5.15 Å². The number of amides is 1. The third-order valence-electron chi connectivity index (χ3n) is 2.93. The standard InChI is InChI=1S/C12H18ClN5O2/c1-20-11-7-9(13)15-12(17-11)16-10(19)8-18-5-2-3-14-4-6-18/h7,14H,2-6,8H2,1H3,(H,15,16,17,19). The van der Waals surface area contributed by atoms with Crippen LogP contribution in [0.1, 0.15) is 6.42 Å². The number of nitrogens with one attached hydrogen (secondary N) is 2. The van der Waals surface area contributed by atoms with Crippen LogP contribution < -0.4 is 15.4 Å². The Bertz CT molecular complexity index is 463. The second-order valence-corrected chi connectivity index (χ2v) is 4.87. The number of carbonyl (C=O) groups is 1. The van der Waals surface area contributed by atoms with Gasteiger partial charge in [0.2, 0.25) is 17.7 Å². The van der Waals surface area contributed by atoms with Gasteiger partial charge in [-0.05, 0) is 19.5 Å². The van der Waals surface area contributed by atoms with Crippen molar-refractivity contribution in [3.8, 4) is 5.88 Å². The molecule has 110 valence electrons. The number of rotatable bonds is 4. The van der Waals surface area contributed by atoms with Crippen molar-refractivity contribution in [2.75, 3.05) is 45.2 Å². The Labute approximate surface area is 122 Å². The zero-order valence-corrected chi connectivity index (χ0v) is 12.1. The minimum Gasteiger partial charge on any atom is -0.481 e. The van der Waals surface area contributed by atoms with Gasteiger partial charge in [0.15, 0.2) is 0 Å². The SMILES string of the molecule is COc1cc(Cl)nc(NC(=O)CN2CCCNCC2)n1. The number of carbonyl (C=O) groups excluding carboxylic acids is 1. The molecule has 2 N–H and O–H groups in total. The Balaban J connectivity index is 1.91. The molecule has 1 amide bonds. The summed E-state index contributed by atoms with van der Waals surface area (Å²) in [5, 5.41) is 6.16. The summed E-state index contributed by atoms with van der Waals surface area (Å²) < 4.78 is 4.98. The smallest absolute Gasteiger partial charge is 0.240 e. The first-order chi connectivity index (χ1) is 9.67. The van der Waals surface area contributed by atoms with E-state index in [0.717, 1.165) is 32.6 Å². The lowest BCUT2D eigenvalue weighted by atomic mass is 10.4. The highest BCUT2D eigenvalue weighted by atomic mass is 35.5. The first-order valence-corrected chi connectivity index (χ1v) is 6.86. The molecule has 0 aromatic carbocycles. The largest absolute Gasteiger partial charge is 0.481 e. The second kappa shape index (κ2) is 7.37. The maximum atomic E-state index is 12.0. The van der Waals surface area contributed by atoms with Crippen molar-refractivity contribution in [2.24, 2.45) is 0 Å². The van der Waals surface area contributed by atoms with Crippen molar-refractivity contribution in [3.05, 3.63) is 11.2 Å². The maximum absolute atomic E-state index is 12.0. The molecule has 0 aliphatic carbocycles. The molecular weight excluding hydrogens is 282 g/mol. The van der Waals surface area contributed by atoms with Gasteiger partial charge in [-0.2, -0.15) is 4.98 Å². The minimum atomic E-state index is -0.156. The lowest BCUT2D eigenvalue weighted by Gasteiger charge is -2.18. The third-order valence-corrected chi connectivity index (χ3v) is 3.13. The zero-order valence-electron chi connectivity index (χ0n) is 11.4. The second-order valence-electron chi connectivity index (χ2n) is 4.48. The molecule has 0 atom stereocenters. The van der Waals surface area contributed by atoms with Crippen LogP contribution in [0.4, 0.5) is 5.95 Å². The molecule has 7 nitrogen and oxygen atoms in total. The number of hydrogen-bond donors (Lipinski definition) is 2. The first-order valence-electron chi connectivity index (χ1n) is 6.49. The van der Waals surface area contributed by atoms with Crippen LogP contribution in [-0.2, 0) is 4.79 Å². The highest BCUT2D eigenvalue weighted by Crippen LogP contribution is 2.15. The molecule has 1 saturated heterocycles. The quantitative estimate of drug-likeness (QED) is 0.782. The van der Waals surface area contributed by atoms with Crippen LogP contribution in [0.2, 0.25) is 5.15 Å². The van der Waals surface area contributed by atoms with Gasteiger partial charge in [0.25, 0.3) is 0 Å². The fraction of sp³-hybridized carbons (Fsp3) is 0.583. The molecule has 0 saturated carbocycles.